The van der Waals surface area contributed by atoms with Crippen LogP contribution in [0, 0.1) is 0 Å². The van der Waals surface area contributed by atoms with E-state index in [1.807, 2.05) is 42.5 Å². The molecule has 18 heavy (non-hydrogen) atoms. The second kappa shape index (κ2) is 5.68. The average Bonchev–Trinajstić information content (AvgIpc) is 2.42. The molecule has 0 fully saturated rings. The molecule has 0 amide bonds. The Morgan fingerprint density at radius 2 is 1.67 bits per heavy atom. The Kier molecular flexibility index (Phi) is 3.76. The number of hydrazone groups is 1. The summed E-state index contributed by atoms with van der Waals surface area (Å²) in [5, 5.41) is 13.4. The fourth-order valence-electron chi connectivity index (χ4n) is 1.78. The SMILES string of the molecule is NN=CC=C(c1ccccc1)c1ccccc1O. The molecule has 3 N–H and O–H groups in total. The molecule has 0 saturated carbocycles. The molecule has 0 aliphatic heterocycles. The first-order valence-electron chi connectivity index (χ1n) is 5.60. The number of aromatic hydroxyl groups is 1. The fraction of sp³-hybridized carbons (Fsp3) is 0. The average molecular weight is 238 g/mol. The second-order valence-electron chi connectivity index (χ2n) is 3.76. The van der Waals surface area contributed by atoms with Crippen LogP contribution in [0.4, 0.5) is 0 Å². The molecular weight excluding hydrogens is 224 g/mol. The molecule has 3 nitrogen and oxygen atoms in total. The van der Waals surface area contributed by atoms with Gasteiger partial charge < -0.3 is 10.9 Å². The number of hydrogen-bond donors (Lipinski definition) is 2. The highest BCUT2D eigenvalue weighted by molar-refractivity contribution is 5.92. The first-order chi connectivity index (χ1) is 8.83. The van der Waals surface area contributed by atoms with E-state index in [2.05, 4.69) is 5.10 Å². The summed E-state index contributed by atoms with van der Waals surface area (Å²) < 4.78 is 0. The van der Waals surface area contributed by atoms with Crippen LogP contribution in [0.15, 0.2) is 65.8 Å². The van der Waals surface area contributed by atoms with Gasteiger partial charge in [0.05, 0.1) is 0 Å². The highest BCUT2D eigenvalue weighted by atomic mass is 16.3. The van der Waals surface area contributed by atoms with Gasteiger partial charge >= 0.3 is 0 Å². The number of rotatable bonds is 3. The Labute approximate surface area is 106 Å². The van der Waals surface area contributed by atoms with E-state index >= 15 is 0 Å². The van der Waals surface area contributed by atoms with Crippen LogP contribution in [-0.4, -0.2) is 11.3 Å². The lowest BCUT2D eigenvalue weighted by Crippen LogP contribution is -1.90. The Hall–Kier alpha value is -2.55. The van der Waals surface area contributed by atoms with Crippen molar-refractivity contribution in [2.75, 3.05) is 0 Å². The lowest BCUT2D eigenvalue weighted by Gasteiger charge is -2.09. The van der Waals surface area contributed by atoms with E-state index in [0.29, 0.717) is 0 Å². The van der Waals surface area contributed by atoms with Gasteiger partial charge in [0, 0.05) is 11.8 Å². The summed E-state index contributed by atoms with van der Waals surface area (Å²) in [7, 11) is 0. The van der Waals surface area contributed by atoms with E-state index in [9.17, 15) is 5.11 Å². The second-order valence-corrected chi connectivity index (χ2v) is 3.76. The Bertz CT molecular complexity index is 574. The van der Waals surface area contributed by atoms with Crippen LogP contribution in [0.2, 0.25) is 0 Å². The molecule has 0 saturated heterocycles. The zero-order valence-electron chi connectivity index (χ0n) is 9.82. The minimum atomic E-state index is 0.234. The quantitative estimate of drug-likeness (QED) is 0.490. The van der Waals surface area contributed by atoms with E-state index in [1.54, 1.807) is 18.2 Å². The minimum Gasteiger partial charge on any atom is -0.507 e. The summed E-state index contributed by atoms with van der Waals surface area (Å²) in [6.45, 7) is 0. The first-order valence-corrected chi connectivity index (χ1v) is 5.60. The number of benzene rings is 2. The van der Waals surface area contributed by atoms with Crippen LogP contribution in [0.3, 0.4) is 0 Å². The van der Waals surface area contributed by atoms with Gasteiger partial charge in [-0.3, -0.25) is 0 Å². The van der Waals surface area contributed by atoms with Crippen LogP contribution in [0.1, 0.15) is 11.1 Å². The number of nitrogens with zero attached hydrogens (tertiary/aromatic N) is 1. The molecule has 0 aromatic heterocycles. The van der Waals surface area contributed by atoms with Crippen molar-refractivity contribution in [3.05, 3.63) is 71.8 Å². The van der Waals surface area contributed by atoms with Gasteiger partial charge in [0.1, 0.15) is 5.75 Å². The molecule has 0 atom stereocenters. The molecule has 0 aliphatic rings. The molecule has 0 bridgehead atoms. The van der Waals surface area contributed by atoms with Crippen molar-refractivity contribution in [1.29, 1.82) is 0 Å². The molecule has 0 aliphatic carbocycles. The summed E-state index contributed by atoms with van der Waals surface area (Å²) >= 11 is 0. The third-order valence-corrected chi connectivity index (χ3v) is 2.61. The number of hydrogen-bond acceptors (Lipinski definition) is 3. The monoisotopic (exact) mass is 238 g/mol. The van der Waals surface area contributed by atoms with Gasteiger partial charge in [-0.05, 0) is 23.3 Å². The molecule has 0 radical (unpaired) electrons. The maximum absolute atomic E-state index is 9.92. The van der Waals surface area contributed by atoms with Crippen LogP contribution in [0.5, 0.6) is 5.75 Å². The van der Waals surface area contributed by atoms with Crippen molar-refractivity contribution < 1.29 is 5.11 Å². The zero-order valence-corrected chi connectivity index (χ0v) is 9.82. The maximum atomic E-state index is 9.92. The predicted molar refractivity (Wildman–Crippen MR) is 74.3 cm³/mol. The third-order valence-electron chi connectivity index (χ3n) is 2.61. The molecule has 2 aromatic carbocycles. The summed E-state index contributed by atoms with van der Waals surface area (Å²) in [4.78, 5) is 0. The summed E-state index contributed by atoms with van der Waals surface area (Å²) in [5.74, 6) is 5.37. The van der Waals surface area contributed by atoms with Crippen molar-refractivity contribution in [2.24, 2.45) is 10.9 Å². The van der Waals surface area contributed by atoms with Gasteiger partial charge in [0.25, 0.3) is 0 Å². The standard InChI is InChI=1S/C15H14N2O/c16-17-11-10-13(12-6-2-1-3-7-12)14-8-4-5-9-15(14)18/h1-11,18H,16H2. The smallest absolute Gasteiger partial charge is 0.123 e. The van der Waals surface area contributed by atoms with Gasteiger partial charge in [-0.2, -0.15) is 5.10 Å². The molecule has 0 heterocycles. The van der Waals surface area contributed by atoms with Crippen LogP contribution >= 0.6 is 0 Å². The predicted octanol–water partition coefficient (Wildman–Crippen LogP) is 2.77. The molecule has 2 aromatic rings. The number of phenols is 1. The van der Waals surface area contributed by atoms with Gasteiger partial charge in [-0.1, -0.05) is 48.5 Å². The Morgan fingerprint density at radius 1 is 1.00 bits per heavy atom. The number of phenolic OH excluding ortho intramolecular Hbond substituents is 1. The lowest BCUT2D eigenvalue weighted by molar-refractivity contribution is 0.473. The van der Waals surface area contributed by atoms with E-state index in [0.717, 1.165) is 16.7 Å². The first kappa shape index (κ1) is 11.9. The summed E-state index contributed by atoms with van der Waals surface area (Å²) in [6, 6.07) is 17.0. The van der Waals surface area contributed by atoms with Gasteiger partial charge in [0.2, 0.25) is 0 Å². The highest BCUT2D eigenvalue weighted by Gasteiger charge is 2.07. The minimum absolute atomic E-state index is 0.234. The Morgan fingerprint density at radius 3 is 2.33 bits per heavy atom. The van der Waals surface area contributed by atoms with Crippen molar-refractivity contribution in [3.63, 3.8) is 0 Å². The van der Waals surface area contributed by atoms with Crippen molar-refractivity contribution in [3.8, 4) is 5.75 Å². The van der Waals surface area contributed by atoms with Crippen LogP contribution < -0.4 is 5.84 Å². The molecule has 90 valence electrons. The van der Waals surface area contributed by atoms with E-state index in [1.165, 1.54) is 6.21 Å². The molecule has 2 rings (SSSR count). The zero-order chi connectivity index (χ0) is 12.8. The number of para-hydroxylation sites is 1. The Balaban J connectivity index is 2.55. The summed E-state index contributed by atoms with van der Waals surface area (Å²) in [6.07, 6.45) is 3.29. The van der Waals surface area contributed by atoms with Gasteiger partial charge in [0.15, 0.2) is 0 Å². The largest absolute Gasteiger partial charge is 0.507 e. The molecule has 0 spiro atoms. The van der Waals surface area contributed by atoms with Gasteiger partial charge in [-0.25, -0.2) is 0 Å². The van der Waals surface area contributed by atoms with E-state index in [-0.39, 0.29) is 5.75 Å². The third kappa shape index (κ3) is 2.58. The van der Waals surface area contributed by atoms with Crippen molar-refractivity contribution in [1.82, 2.24) is 0 Å². The normalized spacial score (nSPS) is 11.9. The van der Waals surface area contributed by atoms with Gasteiger partial charge in [-0.15, -0.1) is 0 Å². The van der Waals surface area contributed by atoms with Crippen molar-refractivity contribution in [2.45, 2.75) is 0 Å². The lowest BCUT2D eigenvalue weighted by atomic mass is 9.97. The van der Waals surface area contributed by atoms with Crippen LogP contribution in [-0.2, 0) is 0 Å². The topological polar surface area (TPSA) is 58.6 Å². The molecule has 3 heteroatoms. The maximum Gasteiger partial charge on any atom is 0.123 e. The number of allylic oxidation sites excluding steroid dienone is 1. The fourth-order valence-corrected chi connectivity index (χ4v) is 1.78. The molecule has 0 unspecified atom stereocenters. The summed E-state index contributed by atoms with van der Waals surface area (Å²) in [5.41, 5.74) is 2.63. The van der Waals surface area contributed by atoms with E-state index in [4.69, 9.17) is 5.84 Å². The van der Waals surface area contributed by atoms with Crippen LogP contribution in [0.25, 0.3) is 5.57 Å². The van der Waals surface area contributed by atoms with Crippen molar-refractivity contribution >= 4 is 11.8 Å². The number of nitrogens with two attached hydrogens (primary N) is 1. The molecular formula is C15H14N2O. The van der Waals surface area contributed by atoms with E-state index < -0.39 is 0 Å². The highest BCUT2D eigenvalue weighted by Crippen LogP contribution is 2.29.